The number of hydrogen-bond acceptors (Lipinski definition) is 2. The molecule has 2 rings (SSSR count). The zero-order valence-corrected chi connectivity index (χ0v) is 8.99. The van der Waals surface area contributed by atoms with E-state index in [1.807, 2.05) is 6.07 Å². The molecule has 1 aliphatic heterocycles. The molecule has 0 N–H and O–H groups in total. The highest BCUT2D eigenvalue weighted by atomic mass is 19.3. The zero-order chi connectivity index (χ0) is 12.5. The Morgan fingerprint density at radius 1 is 1.35 bits per heavy atom. The first-order valence-electron chi connectivity index (χ1n) is 5.19. The standard InChI is InChI=1S/C12H10F2N2O/c13-12(14)5-6-16(8-12)11(17)10-3-1-9(7-15)2-4-10/h1-4H,5-6,8H2. The molecule has 17 heavy (non-hydrogen) atoms. The van der Waals surface area contributed by atoms with Crippen LogP contribution in [0.3, 0.4) is 0 Å². The van der Waals surface area contributed by atoms with Crippen LogP contribution in [-0.4, -0.2) is 29.8 Å². The monoisotopic (exact) mass is 236 g/mol. The lowest BCUT2D eigenvalue weighted by molar-refractivity contribution is 0.0120. The first kappa shape index (κ1) is 11.5. The van der Waals surface area contributed by atoms with Gasteiger partial charge in [0.25, 0.3) is 11.8 Å². The maximum absolute atomic E-state index is 13.0. The number of carbonyl (C=O) groups is 1. The molecule has 0 spiro atoms. The van der Waals surface area contributed by atoms with Crippen LogP contribution in [0, 0.1) is 11.3 Å². The summed E-state index contributed by atoms with van der Waals surface area (Å²) in [6, 6.07) is 7.90. The Hall–Kier alpha value is -1.96. The minimum atomic E-state index is -2.78. The van der Waals surface area contributed by atoms with E-state index in [0.29, 0.717) is 11.1 Å². The second-order valence-corrected chi connectivity index (χ2v) is 4.02. The van der Waals surface area contributed by atoms with Gasteiger partial charge in [-0.25, -0.2) is 8.78 Å². The van der Waals surface area contributed by atoms with Gasteiger partial charge in [-0.05, 0) is 24.3 Å². The minimum Gasteiger partial charge on any atom is -0.332 e. The van der Waals surface area contributed by atoms with E-state index in [4.69, 9.17) is 5.26 Å². The third kappa shape index (κ3) is 2.41. The molecule has 1 aromatic rings. The fourth-order valence-corrected chi connectivity index (χ4v) is 1.78. The Balaban J connectivity index is 2.13. The average Bonchev–Trinajstić information content (AvgIpc) is 2.69. The Morgan fingerprint density at radius 3 is 2.47 bits per heavy atom. The number of hydrogen-bond donors (Lipinski definition) is 0. The molecule has 0 aliphatic carbocycles. The topological polar surface area (TPSA) is 44.1 Å². The molecule has 1 aromatic carbocycles. The predicted octanol–water partition coefficient (Wildman–Crippen LogP) is 2.04. The molecule has 1 fully saturated rings. The molecule has 3 nitrogen and oxygen atoms in total. The number of benzene rings is 1. The van der Waals surface area contributed by atoms with Crippen molar-refractivity contribution in [3.63, 3.8) is 0 Å². The van der Waals surface area contributed by atoms with Gasteiger partial charge in [-0.15, -0.1) is 0 Å². The molecule has 5 heteroatoms. The smallest absolute Gasteiger partial charge is 0.267 e. The first-order chi connectivity index (χ1) is 8.02. The normalized spacial score (nSPS) is 17.8. The molecular formula is C12H10F2N2O. The molecule has 88 valence electrons. The fourth-order valence-electron chi connectivity index (χ4n) is 1.78. The first-order valence-corrected chi connectivity index (χ1v) is 5.19. The summed E-state index contributed by atoms with van der Waals surface area (Å²) in [6.45, 7) is -0.447. The Bertz CT molecular complexity index is 476. The summed E-state index contributed by atoms with van der Waals surface area (Å²) < 4.78 is 25.9. The van der Waals surface area contributed by atoms with E-state index < -0.39 is 18.4 Å². The van der Waals surface area contributed by atoms with Crippen LogP contribution in [0.15, 0.2) is 24.3 Å². The van der Waals surface area contributed by atoms with E-state index in [0.717, 1.165) is 4.90 Å². The quantitative estimate of drug-likeness (QED) is 0.748. The van der Waals surface area contributed by atoms with Crippen LogP contribution >= 0.6 is 0 Å². The van der Waals surface area contributed by atoms with Gasteiger partial charge in [-0.1, -0.05) is 0 Å². The maximum Gasteiger partial charge on any atom is 0.267 e. The number of carbonyl (C=O) groups excluding carboxylic acids is 1. The molecule has 1 saturated heterocycles. The lowest BCUT2D eigenvalue weighted by Crippen LogP contribution is -2.31. The van der Waals surface area contributed by atoms with Gasteiger partial charge < -0.3 is 4.90 Å². The van der Waals surface area contributed by atoms with Crippen LogP contribution in [0.2, 0.25) is 0 Å². The highest BCUT2D eigenvalue weighted by Gasteiger charge is 2.40. The Labute approximate surface area is 97.3 Å². The van der Waals surface area contributed by atoms with Crippen molar-refractivity contribution in [1.82, 2.24) is 4.90 Å². The lowest BCUT2D eigenvalue weighted by atomic mass is 10.1. The highest BCUT2D eigenvalue weighted by Crippen LogP contribution is 2.27. The fraction of sp³-hybridized carbons (Fsp3) is 0.333. The molecule has 0 unspecified atom stereocenters. The van der Waals surface area contributed by atoms with Gasteiger partial charge in [0.15, 0.2) is 0 Å². The summed E-state index contributed by atoms with van der Waals surface area (Å²) in [6.07, 6.45) is -0.283. The van der Waals surface area contributed by atoms with E-state index in [-0.39, 0.29) is 13.0 Å². The summed E-state index contributed by atoms with van der Waals surface area (Å²) in [5.74, 6) is -3.19. The second kappa shape index (κ2) is 4.13. The van der Waals surface area contributed by atoms with Crippen LogP contribution in [0.4, 0.5) is 8.78 Å². The summed E-state index contributed by atoms with van der Waals surface area (Å²) in [5.41, 5.74) is 0.773. The summed E-state index contributed by atoms with van der Waals surface area (Å²) >= 11 is 0. The predicted molar refractivity (Wildman–Crippen MR) is 56.6 cm³/mol. The van der Waals surface area contributed by atoms with Crippen LogP contribution in [0.5, 0.6) is 0 Å². The van der Waals surface area contributed by atoms with E-state index in [1.54, 1.807) is 0 Å². The SMILES string of the molecule is N#Cc1ccc(C(=O)N2CCC(F)(F)C2)cc1. The third-order valence-corrected chi connectivity index (χ3v) is 2.72. The van der Waals surface area contributed by atoms with E-state index >= 15 is 0 Å². The van der Waals surface area contributed by atoms with Crippen LogP contribution < -0.4 is 0 Å². The molecule has 0 bridgehead atoms. The van der Waals surface area contributed by atoms with E-state index in [1.165, 1.54) is 24.3 Å². The van der Waals surface area contributed by atoms with E-state index in [2.05, 4.69) is 0 Å². The van der Waals surface area contributed by atoms with Crippen molar-refractivity contribution in [3.8, 4) is 6.07 Å². The highest BCUT2D eigenvalue weighted by molar-refractivity contribution is 5.94. The minimum absolute atomic E-state index is 0.0752. The van der Waals surface area contributed by atoms with Crippen molar-refractivity contribution < 1.29 is 13.6 Å². The van der Waals surface area contributed by atoms with Crippen molar-refractivity contribution >= 4 is 5.91 Å². The Kier molecular flexibility index (Phi) is 2.80. The van der Waals surface area contributed by atoms with Gasteiger partial charge in [0, 0.05) is 18.5 Å². The molecule has 0 atom stereocenters. The summed E-state index contributed by atoms with van der Waals surface area (Å²) in [7, 11) is 0. The van der Waals surface area contributed by atoms with E-state index in [9.17, 15) is 13.6 Å². The van der Waals surface area contributed by atoms with Crippen molar-refractivity contribution in [2.75, 3.05) is 13.1 Å². The van der Waals surface area contributed by atoms with Gasteiger partial charge in [0.05, 0.1) is 18.2 Å². The zero-order valence-electron chi connectivity index (χ0n) is 8.99. The molecule has 1 amide bonds. The number of halogens is 2. The average molecular weight is 236 g/mol. The van der Waals surface area contributed by atoms with Gasteiger partial charge in [-0.3, -0.25) is 4.79 Å². The number of amides is 1. The molecule has 0 radical (unpaired) electrons. The number of nitrogens with zero attached hydrogens (tertiary/aromatic N) is 2. The number of alkyl halides is 2. The molecular weight excluding hydrogens is 226 g/mol. The van der Waals surface area contributed by atoms with Gasteiger partial charge in [0.1, 0.15) is 0 Å². The maximum atomic E-state index is 13.0. The number of nitriles is 1. The van der Waals surface area contributed by atoms with Crippen LogP contribution in [0.25, 0.3) is 0 Å². The Morgan fingerprint density at radius 2 is 2.00 bits per heavy atom. The van der Waals surface area contributed by atoms with Crippen molar-refractivity contribution in [2.24, 2.45) is 0 Å². The number of rotatable bonds is 1. The number of likely N-dealkylation sites (tertiary alicyclic amines) is 1. The molecule has 0 aromatic heterocycles. The lowest BCUT2D eigenvalue weighted by Gasteiger charge is -2.15. The van der Waals surface area contributed by atoms with Crippen LogP contribution in [0.1, 0.15) is 22.3 Å². The summed E-state index contributed by atoms with van der Waals surface area (Å²) in [4.78, 5) is 13.0. The summed E-state index contributed by atoms with van der Waals surface area (Å²) in [5, 5.41) is 8.60. The molecule has 0 saturated carbocycles. The van der Waals surface area contributed by atoms with Crippen molar-refractivity contribution in [1.29, 1.82) is 5.26 Å². The van der Waals surface area contributed by atoms with Gasteiger partial charge >= 0.3 is 0 Å². The van der Waals surface area contributed by atoms with Crippen molar-refractivity contribution in [2.45, 2.75) is 12.3 Å². The molecule has 1 aliphatic rings. The molecule has 1 heterocycles. The third-order valence-electron chi connectivity index (χ3n) is 2.72. The van der Waals surface area contributed by atoms with Gasteiger partial charge in [-0.2, -0.15) is 5.26 Å². The van der Waals surface area contributed by atoms with Gasteiger partial charge in [0.2, 0.25) is 0 Å². The van der Waals surface area contributed by atoms with Crippen molar-refractivity contribution in [3.05, 3.63) is 35.4 Å². The van der Waals surface area contributed by atoms with Crippen LogP contribution in [-0.2, 0) is 0 Å². The largest absolute Gasteiger partial charge is 0.332 e. The second-order valence-electron chi connectivity index (χ2n) is 4.02.